The Balaban J connectivity index is 1.52. The molecule has 140 valence electrons. The summed E-state index contributed by atoms with van der Waals surface area (Å²) < 4.78 is 6.73. The SMILES string of the molecule is Cc1ccc(-n2nc(C)cc2NC(=O)CCCNC(=O)c2ccco2)cc1. The van der Waals surface area contributed by atoms with Crippen LogP contribution < -0.4 is 10.6 Å². The summed E-state index contributed by atoms with van der Waals surface area (Å²) in [6, 6.07) is 13.0. The monoisotopic (exact) mass is 366 g/mol. The number of hydrogen-bond donors (Lipinski definition) is 2. The van der Waals surface area contributed by atoms with Crippen molar-refractivity contribution in [3.63, 3.8) is 0 Å². The fraction of sp³-hybridized carbons (Fsp3) is 0.250. The van der Waals surface area contributed by atoms with E-state index in [-0.39, 0.29) is 24.0 Å². The molecule has 0 spiro atoms. The van der Waals surface area contributed by atoms with Gasteiger partial charge in [-0.15, -0.1) is 0 Å². The zero-order valence-electron chi connectivity index (χ0n) is 15.4. The third-order valence-electron chi connectivity index (χ3n) is 3.99. The molecule has 0 saturated heterocycles. The molecule has 2 heterocycles. The van der Waals surface area contributed by atoms with E-state index in [9.17, 15) is 9.59 Å². The van der Waals surface area contributed by atoms with E-state index in [4.69, 9.17) is 4.42 Å². The van der Waals surface area contributed by atoms with Crippen LogP contribution in [0.5, 0.6) is 0 Å². The molecule has 0 unspecified atom stereocenters. The minimum atomic E-state index is -0.284. The summed E-state index contributed by atoms with van der Waals surface area (Å²) in [5.74, 6) is 0.474. The Labute approximate surface area is 157 Å². The van der Waals surface area contributed by atoms with Gasteiger partial charge in [-0.05, 0) is 44.5 Å². The van der Waals surface area contributed by atoms with E-state index in [1.54, 1.807) is 16.8 Å². The summed E-state index contributed by atoms with van der Waals surface area (Å²) in [5.41, 5.74) is 2.86. The molecule has 2 amide bonds. The number of rotatable bonds is 7. The molecule has 0 bridgehead atoms. The first-order chi connectivity index (χ1) is 13.0. The minimum absolute atomic E-state index is 0.129. The first-order valence-corrected chi connectivity index (χ1v) is 8.78. The van der Waals surface area contributed by atoms with Crippen LogP contribution in [0.2, 0.25) is 0 Å². The minimum Gasteiger partial charge on any atom is -0.459 e. The Bertz CT molecular complexity index is 911. The normalized spacial score (nSPS) is 10.6. The van der Waals surface area contributed by atoms with Gasteiger partial charge in [-0.25, -0.2) is 4.68 Å². The van der Waals surface area contributed by atoms with Crippen LogP contribution in [0.1, 0.15) is 34.7 Å². The molecule has 0 aliphatic rings. The molecular weight excluding hydrogens is 344 g/mol. The fourth-order valence-electron chi connectivity index (χ4n) is 2.62. The van der Waals surface area contributed by atoms with Crippen molar-refractivity contribution in [2.75, 3.05) is 11.9 Å². The third kappa shape index (κ3) is 4.84. The molecule has 0 saturated carbocycles. The van der Waals surface area contributed by atoms with Crippen molar-refractivity contribution in [1.82, 2.24) is 15.1 Å². The number of nitrogens with zero attached hydrogens (tertiary/aromatic N) is 2. The van der Waals surface area contributed by atoms with E-state index in [1.807, 2.05) is 44.2 Å². The summed E-state index contributed by atoms with van der Waals surface area (Å²) in [5, 5.41) is 10.1. The van der Waals surface area contributed by atoms with Gasteiger partial charge in [0.1, 0.15) is 5.82 Å². The van der Waals surface area contributed by atoms with Crippen LogP contribution in [0.25, 0.3) is 5.69 Å². The summed E-state index contributed by atoms with van der Waals surface area (Å²) in [6.45, 7) is 4.29. The molecule has 7 heteroatoms. The van der Waals surface area contributed by atoms with Gasteiger partial charge in [0.25, 0.3) is 5.91 Å². The van der Waals surface area contributed by atoms with Gasteiger partial charge in [-0.2, -0.15) is 5.10 Å². The predicted octanol–water partition coefficient (Wildman–Crippen LogP) is 3.23. The van der Waals surface area contributed by atoms with Crippen molar-refractivity contribution in [2.45, 2.75) is 26.7 Å². The lowest BCUT2D eigenvalue weighted by Crippen LogP contribution is -2.25. The molecular formula is C20H22N4O3. The maximum absolute atomic E-state index is 12.2. The highest BCUT2D eigenvalue weighted by Crippen LogP contribution is 2.18. The van der Waals surface area contributed by atoms with Crippen molar-refractivity contribution >= 4 is 17.6 Å². The number of hydrogen-bond acceptors (Lipinski definition) is 4. The van der Waals surface area contributed by atoms with Crippen molar-refractivity contribution in [3.05, 3.63) is 65.7 Å². The summed E-state index contributed by atoms with van der Waals surface area (Å²) in [4.78, 5) is 24.0. The number of carbonyl (C=O) groups is 2. The first kappa shape index (κ1) is 18.4. The van der Waals surface area contributed by atoms with E-state index in [1.165, 1.54) is 6.26 Å². The highest BCUT2D eigenvalue weighted by Gasteiger charge is 2.12. The molecule has 0 aliphatic heterocycles. The maximum atomic E-state index is 12.2. The molecule has 1 aromatic carbocycles. The first-order valence-electron chi connectivity index (χ1n) is 8.78. The Hall–Kier alpha value is -3.35. The summed E-state index contributed by atoms with van der Waals surface area (Å²) >= 11 is 0. The lowest BCUT2D eigenvalue weighted by atomic mass is 10.2. The number of amides is 2. The molecule has 0 atom stereocenters. The van der Waals surface area contributed by atoms with E-state index < -0.39 is 0 Å². The number of benzene rings is 1. The highest BCUT2D eigenvalue weighted by molar-refractivity contribution is 5.92. The zero-order chi connectivity index (χ0) is 19.2. The molecule has 2 N–H and O–H groups in total. The van der Waals surface area contributed by atoms with Crippen LogP contribution in [0.3, 0.4) is 0 Å². The van der Waals surface area contributed by atoms with Gasteiger partial charge >= 0.3 is 0 Å². The van der Waals surface area contributed by atoms with E-state index in [0.717, 1.165) is 16.9 Å². The smallest absolute Gasteiger partial charge is 0.286 e. The van der Waals surface area contributed by atoms with Crippen molar-refractivity contribution < 1.29 is 14.0 Å². The fourth-order valence-corrected chi connectivity index (χ4v) is 2.62. The number of nitrogens with one attached hydrogen (secondary N) is 2. The Morgan fingerprint density at radius 3 is 2.63 bits per heavy atom. The van der Waals surface area contributed by atoms with Gasteiger partial charge in [-0.3, -0.25) is 9.59 Å². The van der Waals surface area contributed by atoms with E-state index in [0.29, 0.717) is 18.8 Å². The van der Waals surface area contributed by atoms with Crippen molar-refractivity contribution in [1.29, 1.82) is 0 Å². The van der Waals surface area contributed by atoms with Gasteiger partial charge in [-0.1, -0.05) is 17.7 Å². The lowest BCUT2D eigenvalue weighted by Gasteiger charge is -2.09. The topological polar surface area (TPSA) is 89.2 Å². The summed E-state index contributed by atoms with van der Waals surface area (Å²) in [7, 11) is 0. The van der Waals surface area contributed by atoms with Gasteiger partial charge in [0.05, 0.1) is 17.6 Å². The Morgan fingerprint density at radius 1 is 1.15 bits per heavy atom. The number of aryl methyl sites for hydroxylation is 2. The van der Waals surface area contributed by atoms with Gasteiger partial charge in [0, 0.05) is 19.0 Å². The second-order valence-corrected chi connectivity index (χ2v) is 6.30. The largest absolute Gasteiger partial charge is 0.459 e. The van der Waals surface area contributed by atoms with Gasteiger partial charge in [0.15, 0.2) is 5.76 Å². The van der Waals surface area contributed by atoms with Crippen molar-refractivity contribution in [2.24, 2.45) is 0 Å². The molecule has 3 aromatic rings. The second-order valence-electron chi connectivity index (χ2n) is 6.30. The quantitative estimate of drug-likeness (QED) is 0.628. The average molecular weight is 366 g/mol. The number of aromatic nitrogens is 2. The van der Waals surface area contributed by atoms with E-state index >= 15 is 0 Å². The lowest BCUT2D eigenvalue weighted by molar-refractivity contribution is -0.116. The van der Waals surface area contributed by atoms with Gasteiger partial charge < -0.3 is 15.1 Å². The highest BCUT2D eigenvalue weighted by atomic mass is 16.3. The summed E-state index contributed by atoms with van der Waals surface area (Å²) in [6.07, 6.45) is 2.26. The van der Waals surface area contributed by atoms with Gasteiger partial charge in [0.2, 0.25) is 5.91 Å². The van der Waals surface area contributed by atoms with Crippen LogP contribution in [-0.4, -0.2) is 28.1 Å². The maximum Gasteiger partial charge on any atom is 0.286 e. The molecule has 0 aliphatic carbocycles. The molecule has 3 rings (SSSR count). The number of furan rings is 1. The second kappa shape index (κ2) is 8.35. The zero-order valence-corrected chi connectivity index (χ0v) is 15.4. The predicted molar refractivity (Wildman–Crippen MR) is 102 cm³/mol. The number of carbonyl (C=O) groups excluding carboxylic acids is 2. The molecule has 7 nitrogen and oxygen atoms in total. The molecule has 2 aromatic heterocycles. The Morgan fingerprint density at radius 2 is 1.93 bits per heavy atom. The van der Waals surface area contributed by atoms with Crippen LogP contribution in [0.4, 0.5) is 5.82 Å². The van der Waals surface area contributed by atoms with Crippen LogP contribution in [0.15, 0.2) is 53.1 Å². The van der Waals surface area contributed by atoms with E-state index in [2.05, 4.69) is 15.7 Å². The molecule has 0 fully saturated rings. The molecule has 27 heavy (non-hydrogen) atoms. The Kier molecular flexibility index (Phi) is 5.71. The average Bonchev–Trinajstić information content (AvgIpc) is 3.29. The number of anilines is 1. The van der Waals surface area contributed by atoms with Crippen LogP contribution in [-0.2, 0) is 4.79 Å². The standard InChI is InChI=1S/C20H22N4O3/c1-14-7-9-16(10-8-14)24-18(13-15(2)23-24)22-19(25)6-3-11-21-20(26)17-5-4-12-27-17/h4-5,7-10,12-13H,3,6,11H2,1-2H3,(H,21,26)(H,22,25). The van der Waals surface area contributed by atoms with Crippen LogP contribution in [0, 0.1) is 13.8 Å². The molecule has 0 radical (unpaired) electrons. The van der Waals surface area contributed by atoms with Crippen molar-refractivity contribution in [3.8, 4) is 5.69 Å². The van der Waals surface area contributed by atoms with Crippen LogP contribution >= 0.6 is 0 Å². The third-order valence-corrected chi connectivity index (χ3v) is 3.99.